The van der Waals surface area contributed by atoms with Crippen molar-refractivity contribution in [2.24, 2.45) is 0 Å². The molecular weight excluding hydrogens is 238 g/mol. The summed E-state index contributed by atoms with van der Waals surface area (Å²) in [7, 11) is 0. The smallest absolute Gasteiger partial charge is 0.165 e. The van der Waals surface area contributed by atoms with Gasteiger partial charge in [0.25, 0.3) is 0 Å². The maximum absolute atomic E-state index is 5.89. The maximum atomic E-state index is 5.89. The molecule has 0 spiro atoms. The molecule has 3 rings (SSSR count). The number of nitrogens with one attached hydrogen (secondary N) is 1. The van der Waals surface area contributed by atoms with Crippen LogP contribution in [0.5, 0.6) is 11.5 Å². The summed E-state index contributed by atoms with van der Waals surface area (Å²) in [4.78, 5) is 0. The molecule has 19 heavy (non-hydrogen) atoms. The molecule has 0 radical (unpaired) electrons. The molecule has 0 saturated carbocycles. The summed E-state index contributed by atoms with van der Waals surface area (Å²) in [5.74, 6) is 2.34. The van der Waals surface area contributed by atoms with Crippen molar-refractivity contribution in [1.29, 1.82) is 0 Å². The van der Waals surface area contributed by atoms with E-state index < -0.39 is 0 Å². The zero-order valence-corrected chi connectivity index (χ0v) is 11.9. The average molecular weight is 261 g/mol. The minimum Gasteiger partial charge on any atom is -0.486 e. The molecule has 0 aliphatic carbocycles. The lowest BCUT2D eigenvalue weighted by Crippen LogP contribution is -2.28. The highest BCUT2D eigenvalue weighted by atomic mass is 16.6. The van der Waals surface area contributed by atoms with Gasteiger partial charge in [-0.2, -0.15) is 0 Å². The molecule has 1 N–H and O–H groups in total. The first kappa shape index (κ1) is 12.8. The van der Waals surface area contributed by atoms with E-state index in [1.54, 1.807) is 0 Å². The van der Waals surface area contributed by atoms with Gasteiger partial charge in [0.1, 0.15) is 13.2 Å². The molecular formula is C16H23NO2. The Kier molecular flexibility index (Phi) is 3.65. The number of benzene rings is 1. The normalized spacial score (nSPS) is 22.6. The Morgan fingerprint density at radius 3 is 2.74 bits per heavy atom. The summed E-state index contributed by atoms with van der Waals surface area (Å²) in [6.45, 7) is 6.91. The van der Waals surface area contributed by atoms with Crippen LogP contribution in [0.2, 0.25) is 0 Å². The zero-order valence-electron chi connectivity index (χ0n) is 11.9. The van der Waals surface area contributed by atoms with Gasteiger partial charge in [0.2, 0.25) is 0 Å². The van der Waals surface area contributed by atoms with Crippen LogP contribution in [-0.4, -0.2) is 19.8 Å². The topological polar surface area (TPSA) is 30.5 Å². The molecule has 3 nitrogen and oxygen atoms in total. The largest absolute Gasteiger partial charge is 0.486 e. The third-order valence-electron chi connectivity index (χ3n) is 4.04. The molecule has 2 aliphatic heterocycles. The summed E-state index contributed by atoms with van der Waals surface area (Å²) in [5, 5.41) is 3.64. The molecule has 104 valence electrons. The minimum atomic E-state index is 0.454. The van der Waals surface area contributed by atoms with Gasteiger partial charge >= 0.3 is 0 Å². The molecule has 1 atom stereocenters. The van der Waals surface area contributed by atoms with E-state index >= 15 is 0 Å². The van der Waals surface area contributed by atoms with Gasteiger partial charge in [0.15, 0.2) is 11.5 Å². The Hall–Kier alpha value is -1.22. The van der Waals surface area contributed by atoms with E-state index in [1.165, 1.54) is 30.4 Å². The molecule has 1 aromatic rings. The summed E-state index contributed by atoms with van der Waals surface area (Å²) in [5.41, 5.74) is 2.73. The second kappa shape index (κ2) is 5.41. The first-order valence-electron chi connectivity index (χ1n) is 7.43. The predicted molar refractivity (Wildman–Crippen MR) is 76.1 cm³/mol. The number of hydrogen-bond acceptors (Lipinski definition) is 3. The highest BCUT2D eigenvalue weighted by Gasteiger charge is 2.26. The van der Waals surface area contributed by atoms with Crippen molar-refractivity contribution in [1.82, 2.24) is 5.32 Å². The Bertz CT molecular complexity index is 450. The number of fused-ring (bicyclic) bond motifs is 1. The average Bonchev–Trinajstić information content (AvgIpc) is 2.46. The second-order valence-corrected chi connectivity index (χ2v) is 5.75. The first-order chi connectivity index (χ1) is 9.27. The molecule has 1 aromatic carbocycles. The van der Waals surface area contributed by atoms with Crippen molar-refractivity contribution >= 4 is 0 Å². The van der Waals surface area contributed by atoms with Gasteiger partial charge in [-0.25, -0.2) is 0 Å². The van der Waals surface area contributed by atoms with Crippen molar-refractivity contribution in [2.75, 3.05) is 19.8 Å². The summed E-state index contributed by atoms with van der Waals surface area (Å²) in [6, 6.07) is 4.78. The number of piperidine rings is 1. The predicted octanol–water partition coefficient (Wildman–Crippen LogP) is 3.40. The van der Waals surface area contributed by atoms with E-state index in [-0.39, 0.29) is 0 Å². The maximum Gasteiger partial charge on any atom is 0.165 e. The Balaban J connectivity index is 2.03. The number of ether oxygens (including phenoxy) is 2. The molecule has 2 aliphatic rings. The molecule has 0 aromatic heterocycles. The summed E-state index contributed by atoms with van der Waals surface area (Å²) in [6.07, 6.45) is 3.82. The van der Waals surface area contributed by atoms with Crippen LogP contribution in [0.25, 0.3) is 0 Å². The highest BCUT2D eigenvalue weighted by molar-refractivity contribution is 5.54. The quantitative estimate of drug-likeness (QED) is 0.885. The molecule has 1 fully saturated rings. The van der Waals surface area contributed by atoms with E-state index in [0.717, 1.165) is 18.0 Å². The zero-order chi connectivity index (χ0) is 13.2. The van der Waals surface area contributed by atoms with Crippen LogP contribution in [0.4, 0.5) is 0 Å². The fourth-order valence-electron chi connectivity index (χ4n) is 3.17. The lowest BCUT2D eigenvalue weighted by atomic mass is 9.88. The lowest BCUT2D eigenvalue weighted by molar-refractivity contribution is 0.169. The first-order valence-corrected chi connectivity index (χ1v) is 7.43. The standard InChI is InChI=1S/C16H23NO2/c1-11(2)15-12(13-5-3-4-8-17-13)6-7-14-16(15)19-10-9-18-14/h6-7,11,13,17H,3-5,8-10H2,1-2H3. The third-order valence-corrected chi connectivity index (χ3v) is 4.04. The fraction of sp³-hybridized carbons (Fsp3) is 0.625. The van der Waals surface area contributed by atoms with Gasteiger partial charge < -0.3 is 14.8 Å². The molecule has 1 saturated heterocycles. The van der Waals surface area contributed by atoms with E-state index in [9.17, 15) is 0 Å². The number of hydrogen-bond donors (Lipinski definition) is 1. The Labute approximate surface area is 115 Å². The van der Waals surface area contributed by atoms with Gasteiger partial charge in [0, 0.05) is 11.6 Å². The van der Waals surface area contributed by atoms with Crippen molar-refractivity contribution in [3.05, 3.63) is 23.3 Å². The molecule has 0 amide bonds. The molecule has 0 bridgehead atoms. The van der Waals surface area contributed by atoms with E-state index in [0.29, 0.717) is 25.2 Å². The van der Waals surface area contributed by atoms with Crippen molar-refractivity contribution in [3.8, 4) is 11.5 Å². The van der Waals surface area contributed by atoms with Crippen LogP contribution in [0.15, 0.2) is 12.1 Å². The summed E-state index contributed by atoms with van der Waals surface area (Å²) >= 11 is 0. The van der Waals surface area contributed by atoms with Gasteiger partial charge in [-0.05, 0) is 36.9 Å². The van der Waals surface area contributed by atoms with Crippen LogP contribution in [0, 0.1) is 0 Å². The van der Waals surface area contributed by atoms with Crippen molar-refractivity contribution < 1.29 is 9.47 Å². The van der Waals surface area contributed by atoms with Gasteiger partial charge in [-0.15, -0.1) is 0 Å². The van der Waals surface area contributed by atoms with Crippen LogP contribution >= 0.6 is 0 Å². The minimum absolute atomic E-state index is 0.454. The molecule has 1 unspecified atom stereocenters. The van der Waals surface area contributed by atoms with Gasteiger partial charge in [-0.3, -0.25) is 0 Å². The van der Waals surface area contributed by atoms with Crippen LogP contribution in [-0.2, 0) is 0 Å². The number of rotatable bonds is 2. The van der Waals surface area contributed by atoms with Crippen LogP contribution in [0.1, 0.15) is 56.2 Å². The molecule has 3 heteroatoms. The van der Waals surface area contributed by atoms with Crippen LogP contribution in [0.3, 0.4) is 0 Å². The lowest BCUT2D eigenvalue weighted by Gasteiger charge is -2.30. The Morgan fingerprint density at radius 2 is 2.00 bits per heavy atom. The van der Waals surface area contributed by atoms with Crippen molar-refractivity contribution in [2.45, 2.75) is 45.1 Å². The SMILES string of the molecule is CC(C)c1c(C2CCCCN2)ccc2c1OCCO2. The summed E-state index contributed by atoms with van der Waals surface area (Å²) < 4.78 is 11.6. The van der Waals surface area contributed by atoms with E-state index in [1.807, 2.05) is 0 Å². The third kappa shape index (κ3) is 2.44. The monoisotopic (exact) mass is 261 g/mol. The second-order valence-electron chi connectivity index (χ2n) is 5.75. The van der Waals surface area contributed by atoms with E-state index in [2.05, 4.69) is 31.3 Å². The fourth-order valence-corrected chi connectivity index (χ4v) is 3.17. The van der Waals surface area contributed by atoms with Crippen molar-refractivity contribution in [3.63, 3.8) is 0 Å². The molecule has 2 heterocycles. The Morgan fingerprint density at radius 1 is 1.16 bits per heavy atom. The van der Waals surface area contributed by atoms with Gasteiger partial charge in [-0.1, -0.05) is 26.3 Å². The highest BCUT2D eigenvalue weighted by Crippen LogP contribution is 2.42. The van der Waals surface area contributed by atoms with Gasteiger partial charge in [0.05, 0.1) is 0 Å². The van der Waals surface area contributed by atoms with Crippen LogP contribution < -0.4 is 14.8 Å². The van der Waals surface area contributed by atoms with E-state index in [4.69, 9.17) is 9.47 Å².